The summed E-state index contributed by atoms with van der Waals surface area (Å²) >= 11 is 5.47. The molecule has 0 aliphatic carbocycles. The van der Waals surface area contributed by atoms with E-state index in [2.05, 4.69) is 57.3 Å². The van der Waals surface area contributed by atoms with Crippen LogP contribution < -0.4 is 5.32 Å². The van der Waals surface area contributed by atoms with E-state index < -0.39 is 0 Å². The summed E-state index contributed by atoms with van der Waals surface area (Å²) in [6, 6.07) is 8.60. The van der Waals surface area contributed by atoms with Crippen molar-refractivity contribution in [2.75, 3.05) is 12.4 Å². The van der Waals surface area contributed by atoms with Crippen molar-refractivity contribution in [2.45, 2.75) is 39.0 Å². The van der Waals surface area contributed by atoms with Gasteiger partial charge in [0.1, 0.15) is 5.88 Å². The van der Waals surface area contributed by atoms with Crippen molar-refractivity contribution in [1.29, 1.82) is 0 Å². The molecule has 0 aromatic heterocycles. The molecule has 0 fully saturated rings. The number of halogens is 1. The zero-order valence-electron chi connectivity index (χ0n) is 11.6. The highest BCUT2D eigenvalue weighted by Crippen LogP contribution is 2.24. The van der Waals surface area contributed by atoms with Crippen molar-refractivity contribution in [3.63, 3.8) is 0 Å². The van der Waals surface area contributed by atoms with Gasteiger partial charge < -0.3 is 5.32 Å². The first-order valence-corrected chi connectivity index (χ1v) is 6.83. The first kappa shape index (κ1) is 15.0. The molecule has 1 amide bonds. The van der Waals surface area contributed by atoms with Crippen molar-refractivity contribution in [1.82, 2.24) is 5.32 Å². The second kappa shape index (κ2) is 6.24. The average molecular weight is 268 g/mol. The topological polar surface area (TPSA) is 29.1 Å². The van der Waals surface area contributed by atoms with Crippen LogP contribution in [-0.2, 0) is 10.2 Å². The Bertz CT molecular complexity index is 395. The molecule has 0 saturated carbocycles. The van der Waals surface area contributed by atoms with Crippen molar-refractivity contribution in [2.24, 2.45) is 0 Å². The number of benzene rings is 1. The fraction of sp³-hybridized carbons (Fsp3) is 0.533. The van der Waals surface area contributed by atoms with Crippen LogP contribution in [0, 0.1) is 0 Å². The monoisotopic (exact) mass is 267 g/mol. The lowest BCUT2D eigenvalue weighted by Crippen LogP contribution is -2.37. The van der Waals surface area contributed by atoms with Crippen LogP contribution in [0.25, 0.3) is 0 Å². The maximum Gasteiger partial charge on any atom is 0.234 e. The Morgan fingerprint density at radius 1 is 1.28 bits per heavy atom. The van der Waals surface area contributed by atoms with Gasteiger partial charge in [0.15, 0.2) is 0 Å². The minimum Gasteiger partial charge on any atom is -0.354 e. The molecule has 100 valence electrons. The van der Waals surface area contributed by atoms with E-state index in [4.69, 9.17) is 11.6 Å². The van der Waals surface area contributed by atoms with Gasteiger partial charge in [0.05, 0.1) is 0 Å². The molecule has 1 rings (SSSR count). The van der Waals surface area contributed by atoms with Crippen molar-refractivity contribution >= 4 is 17.5 Å². The zero-order valence-corrected chi connectivity index (χ0v) is 12.3. The van der Waals surface area contributed by atoms with E-state index in [0.717, 1.165) is 0 Å². The molecule has 0 aliphatic rings. The second-order valence-corrected chi connectivity index (χ2v) is 5.84. The van der Waals surface area contributed by atoms with Gasteiger partial charge in [0, 0.05) is 12.0 Å². The molecule has 1 N–H and O–H groups in total. The summed E-state index contributed by atoms with van der Waals surface area (Å²) in [6.07, 6.45) is 0. The third-order valence-electron chi connectivity index (χ3n) is 3.21. The standard InChI is InChI=1S/C15H22ClNO/c1-11(2)12-5-7-13(8-6-12)15(3,4)10-17-14(18)9-16/h5-8,11H,9-10H2,1-4H3,(H,17,18). The van der Waals surface area contributed by atoms with Crippen LogP contribution in [0.3, 0.4) is 0 Å². The summed E-state index contributed by atoms with van der Waals surface area (Å²) in [6.45, 7) is 9.19. The quantitative estimate of drug-likeness (QED) is 0.814. The number of rotatable bonds is 5. The molecule has 0 saturated heterocycles. The summed E-state index contributed by atoms with van der Waals surface area (Å²) in [5.41, 5.74) is 2.47. The molecule has 0 unspecified atom stereocenters. The summed E-state index contributed by atoms with van der Waals surface area (Å²) < 4.78 is 0. The molecule has 0 bridgehead atoms. The molecule has 0 spiro atoms. The lowest BCUT2D eigenvalue weighted by molar-refractivity contribution is -0.118. The Kier molecular flexibility index (Phi) is 5.21. The molecular weight excluding hydrogens is 246 g/mol. The predicted octanol–water partition coefficient (Wildman–Crippen LogP) is 3.44. The largest absolute Gasteiger partial charge is 0.354 e. The Hall–Kier alpha value is -1.02. The van der Waals surface area contributed by atoms with Gasteiger partial charge in [-0.05, 0) is 17.0 Å². The Morgan fingerprint density at radius 2 is 1.83 bits per heavy atom. The third kappa shape index (κ3) is 4.02. The zero-order chi connectivity index (χ0) is 13.8. The average Bonchev–Trinajstić information content (AvgIpc) is 2.36. The maximum atomic E-state index is 11.2. The van der Waals surface area contributed by atoms with E-state index in [0.29, 0.717) is 12.5 Å². The van der Waals surface area contributed by atoms with Crippen LogP contribution in [0.1, 0.15) is 44.7 Å². The number of hydrogen-bond donors (Lipinski definition) is 1. The number of amides is 1. The maximum absolute atomic E-state index is 11.2. The summed E-state index contributed by atoms with van der Waals surface area (Å²) in [5, 5.41) is 2.84. The molecule has 1 aromatic carbocycles. The van der Waals surface area contributed by atoms with Crippen molar-refractivity contribution in [3.8, 4) is 0 Å². The number of carbonyl (C=O) groups excluding carboxylic acids is 1. The number of alkyl halides is 1. The van der Waals surface area contributed by atoms with Crippen molar-refractivity contribution in [3.05, 3.63) is 35.4 Å². The predicted molar refractivity (Wildman–Crippen MR) is 77.3 cm³/mol. The highest BCUT2D eigenvalue weighted by molar-refractivity contribution is 6.27. The van der Waals surface area contributed by atoms with Crippen LogP contribution >= 0.6 is 11.6 Å². The van der Waals surface area contributed by atoms with Gasteiger partial charge in [0.2, 0.25) is 5.91 Å². The summed E-state index contributed by atoms with van der Waals surface area (Å²) in [7, 11) is 0. The lowest BCUT2D eigenvalue weighted by Gasteiger charge is -2.26. The van der Waals surface area contributed by atoms with Gasteiger partial charge >= 0.3 is 0 Å². The van der Waals surface area contributed by atoms with Gasteiger partial charge in [-0.25, -0.2) is 0 Å². The van der Waals surface area contributed by atoms with E-state index in [1.807, 2.05) is 0 Å². The van der Waals surface area contributed by atoms with Crippen molar-refractivity contribution < 1.29 is 4.79 Å². The molecule has 18 heavy (non-hydrogen) atoms. The highest BCUT2D eigenvalue weighted by Gasteiger charge is 2.21. The van der Waals surface area contributed by atoms with Crippen LogP contribution in [0.2, 0.25) is 0 Å². The van der Waals surface area contributed by atoms with Gasteiger partial charge in [-0.15, -0.1) is 11.6 Å². The van der Waals surface area contributed by atoms with Gasteiger partial charge in [-0.3, -0.25) is 4.79 Å². The Balaban J connectivity index is 2.75. The fourth-order valence-electron chi connectivity index (χ4n) is 1.79. The molecular formula is C15H22ClNO. The normalized spacial score (nSPS) is 11.7. The van der Waals surface area contributed by atoms with Crippen LogP contribution in [-0.4, -0.2) is 18.3 Å². The SMILES string of the molecule is CC(C)c1ccc(C(C)(C)CNC(=O)CCl)cc1. The number of nitrogens with one attached hydrogen (secondary N) is 1. The van der Waals surface area contributed by atoms with E-state index in [-0.39, 0.29) is 17.2 Å². The Morgan fingerprint density at radius 3 is 2.28 bits per heavy atom. The molecule has 0 radical (unpaired) electrons. The van der Waals surface area contributed by atoms with E-state index in [9.17, 15) is 4.79 Å². The van der Waals surface area contributed by atoms with Crippen LogP contribution in [0.4, 0.5) is 0 Å². The van der Waals surface area contributed by atoms with Gasteiger partial charge in [-0.2, -0.15) is 0 Å². The molecule has 2 nitrogen and oxygen atoms in total. The first-order valence-electron chi connectivity index (χ1n) is 6.30. The minimum atomic E-state index is -0.122. The fourth-order valence-corrected chi connectivity index (χ4v) is 1.88. The smallest absolute Gasteiger partial charge is 0.234 e. The van der Waals surface area contributed by atoms with Gasteiger partial charge in [0.25, 0.3) is 0 Å². The minimum absolute atomic E-state index is 0.0162. The van der Waals surface area contributed by atoms with E-state index in [1.165, 1.54) is 11.1 Å². The van der Waals surface area contributed by atoms with Gasteiger partial charge in [-0.1, -0.05) is 52.0 Å². The van der Waals surface area contributed by atoms with E-state index >= 15 is 0 Å². The third-order valence-corrected chi connectivity index (χ3v) is 3.45. The van der Waals surface area contributed by atoms with Crippen LogP contribution in [0.15, 0.2) is 24.3 Å². The number of hydrogen-bond acceptors (Lipinski definition) is 1. The molecule has 0 atom stereocenters. The van der Waals surface area contributed by atoms with E-state index in [1.54, 1.807) is 0 Å². The molecule has 3 heteroatoms. The Labute approximate surface area is 115 Å². The molecule has 1 aromatic rings. The molecule has 0 heterocycles. The first-order chi connectivity index (χ1) is 8.36. The highest BCUT2D eigenvalue weighted by atomic mass is 35.5. The molecule has 0 aliphatic heterocycles. The lowest BCUT2D eigenvalue weighted by atomic mass is 9.83. The summed E-state index contributed by atoms with van der Waals surface area (Å²) in [5.74, 6) is 0.434. The van der Waals surface area contributed by atoms with Crippen LogP contribution in [0.5, 0.6) is 0 Å². The second-order valence-electron chi connectivity index (χ2n) is 5.57. The number of carbonyl (C=O) groups is 1. The summed E-state index contributed by atoms with van der Waals surface area (Å²) in [4.78, 5) is 11.2.